The second kappa shape index (κ2) is 19.9. The summed E-state index contributed by atoms with van der Waals surface area (Å²) in [7, 11) is 0. The maximum Gasteiger partial charge on any atom is 0.00958 e. The molecule has 2 nitrogen and oxygen atoms in total. The first kappa shape index (κ1) is 34.1. The third-order valence-electron chi connectivity index (χ3n) is 11.4. The van der Waals surface area contributed by atoms with E-state index in [0.29, 0.717) is 0 Å². The van der Waals surface area contributed by atoms with Gasteiger partial charge in [-0.05, 0) is 93.0 Å². The van der Waals surface area contributed by atoms with E-state index < -0.39 is 0 Å². The predicted molar refractivity (Wildman–Crippen MR) is 171 cm³/mol. The molecule has 0 radical (unpaired) electrons. The Morgan fingerprint density at radius 3 is 1.50 bits per heavy atom. The Hall–Kier alpha value is -0.0800. The normalized spacial score (nSPS) is 31.3. The summed E-state index contributed by atoms with van der Waals surface area (Å²) in [6, 6.07) is 1.69. The zero-order valence-electron chi connectivity index (χ0n) is 27.3. The van der Waals surface area contributed by atoms with Crippen LogP contribution >= 0.6 is 0 Å². The molecule has 38 heavy (non-hydrogen) atoms. The molecule has 226 valence electrons. The summed E-state index contributed by atoms with van der Waals surface area (Å²) < 4.78 is 0. The highest BCUT2D eigenvalue weighted by molar-refractivity contribution is 4.86. The molecule has 4 aliphatic rings. The maximum absolute atomic E-state index is 3.66. The van der Waals surface area contributed by atoms with Gasteiger partial charge in [-0.2, -0.15) is 0 Å². The van der Waals surface area contributed by atoms with Crippen molar-refractivity contribution in [3.05, 3.63) is 0 Å². The van der Waals surface area contributed by atoms with Crippen LogP contribution in [0.25, 0.3) is 0 Å². The maximum atomic E-state index is 3.66. The average molecular weight is 533 g/mol. The Labute approximate surface area is 241 Å². The number of hydrogen-bond acceptors (Lipinski definition) is 2. The molecule has 0 amide bonds. The van der Waals surface area contributed by atoms with E-state index in [4.69, 9.17) is 0 Å². The molecule has 2 aliphatic carbocycles. The fraction of sp³-hybridized carbons (Fsp3) is 1.00. The van der Waals surface area contributed by atoms with E-state index in [1.807, 2.05) is 0 Å². The highest BCUT2D eigenvalue weighted by Crippen LogP contribution is 2.36. The van der Waals surface area contributed by atoms with E-state index in [1.54, 1.807) is 0 Å². The summed E-state index contributed by atoms with van der Waals surface area (Å²) in [5.41, 5.74) is 0. The minimum absolute atomic E-state index is 0.841. The fourth-order valence-electron chi connectivity index (χ4n) is 8.00. The van der Waals surface area contributed by atoms with Crippen LogP contribution in [0.3, 0.4) is 0 Å². The van der Waals surface area contributed by atoms with E-state index in [9.17, 15) is 0 Å². The van der Waals surface area contributed by atoms with Crippen molar-refractivity contribution in [2.75, 3.05) is 13.1 Å². The lowest BCUT2D eigenvalue weighted by Gasteiger charge is -2.34. The van der Waals surface area contributed by atoms with E-state index in [0.717, 1.165) is 53.5 Å². The van der Waals surface area contributed by atoms with Gasteiger partial charge in [0.15, 0.2) is 0 Å². The predicted octanol–water partition coefficient (Wildman–Crippen LogP) is 10.4. The highest BCUT2D eigenvalue weighted by atomic mass is 14.9. The van der Waals surface area contributed by atoms with Crippen molar-refractivity contribution < 1.29 is 0 Å². The number of rotatable bonds is 10. The van der Waals surface area contributed by atoms with Crippen LogP contribution in [0.4, 0.5) is 0 Å². The monoisotopic (exact) mass is 533 g/mol. The lowest BCUT2D eigenvalue weighted by molar-refractivity contribution is 0.193. The fourth-order valence-corrected chi connectivity index (χ4v) is 8.00. The van der Waals surface area contributed by atoms with Crippen LogP contribution in [-0.2, 0) is 0 Å². The second-order valence-corrected chi connectivity index (χ2v) is 14.4. The summed E-state index contributed by atoms with van der Waals surface area (Å²) in [5.74, 6) is 6.77. The third-order valence-corrected chi connectivity index (χ3v) is 11.4. The molecule has 2 heteroatoms. The van der Waals surface area contributed by atoms with Crippen LogP contribution in [0.15, 0.2) is 0 Å². The van der Waals surface area contributed by atoms with Crippen LogP contribution in [-0.4, -0.2) is 25.2 Å². The molecule has 6 atom stereocenters. The summed E-state index contributed by atoms with van der Waals surface area (Å²) >= 11 is 0. The molecule has 0 spiro atoms. The van der Waals surface area contributed by atoms with Gasteiger partial charge in [0.2, 0.25) is 0 Å². The molecule has 4 fully saturated rings. The molecule has 4 rings (SSSR count). The summed E-state index contributed by atoms with van der Waals surface area (Å²) in [4.78, 5) is 0. The first-order chi connectivity index (χ1) is 18.4. The van der Waals surface area contributed by atoms with Crippen molar-refractivity contribution in [3.8, 4) is 0 Å². The Morgan fingerprint density at radius 1 is 0.553 bits per heavy atom. The zero-order valence-corrected chi connectivity index (χ0v) is 27.3. The van der Waals surface area contributed by atoms with E-state index in [-0.39, 0.29) is 0 Å². The molecule has 2 heterocycles. The van der Waals surface area contributed by atoms with Crippen molar-refractivity contribution in [3.63, 3.8) is 0 Å². The van der Waals surface area contributed by atoms with Crippen LogP contribution in [0.5, 0.6) is 0 Å². The van der Waals surface area contributed by atoms with Crippen molar-refractivity contribution in [1.82, 2.24) is 10.6 Å². The lowest BCUT2D eigenvalue weighted by atomic mass is 9.74. The minimum atomic E-state index is 0.841. The Morgan fingerprint density at radius 2 is 1.05 bits per heavy atom. The molecule has 2 saturated carbocycles. The van der Waals surface area contributed by atoms with Gasteiger partial charge >= 0.3 is 0 Å². The average Bonchev–Trinajstić information content (AvgIpc) is 3.68. The van der Waals surface area contributed by atoms with Gasteiger partial charge in [-0.1, -0.05) is 126 Å². The molecule has 2 aliphatic heterocycles. The van der Waals surface area contributed by atoms with Crippen LogP contribution in [0.1, 0.15) is 164 Å². The number of unbranched alkanes of at least 4 members (excludes halogenated alkanes) is 1. The zero-order chi connectivity index (χ0) is 27.8. The Bertz CT molecular complexity index is 536. The van der Waals surface area contributed by atoms with Crippen molar-refractivity contribution in [1.29, 1.82) is 0 Å². The molecular weight excluding hydrogens is 460 g/mol. The van der Waals surface area contributed by atoms with E-state index in [2.05, 4.69) is 59.1 Å². The van der Waals surface area contributed by atoms with Gasteiger partial charge in [0.1, 0.15) is 0 Å². The number of nitrogens with one attached hydrogen (secondary N) is 2. The lowest BCUT2D eigenvalue weighted by Crippen LogP contribution is -2.34. The van der Waals surface area contributed by atoms with Gasteiger partial charge in [-0.15, -0.1) is 0 Å². The largest absolute Gasteiger partial charge is 0.314 e. The van der Waals surface area contributed by atoms with Gasteiger partial charge in [-0.25, -0.2) is 0 Å². The van der Waals surface area contributed by atoms with Crippen molar-refractivity contribution in [2.24, 2.45) is 41.4 Å². The summed E-state index contributed by atoms with van der Waals surface area (Å²) in [5, 5.41) is 7.32. The first-order valence-electron chi connectivity index (χ1n) is 17.8. The smallest absolute Gasteiger partial charge is 0.00958 e. The van der Waals surface area contributed by atoms with Crippen LogP contribution in [0.2, 0.25) is 0 Å². The quantitative estimate of drug-likeness (QED) is 0.292. The molecule has 2 saturated heterocycles. The van der Waals surface area contributed by atoms with Gasteiger partial charge in [0.05, 0.1) is 0 Å². The first-order valence-corrected chi connectivity index (χ1v) is 17.8. The molecule has 2 N–H and O–H groups in total. The Kier molecular flexibility index (Phi) is 17.9. The molecular formula is C36H72N2. The van der Waals surface area contributed by atoms with E-state index >= 15 is 0 Å². The van der Waals surface area contributed by atoms with Gasteiger partial charge in [-0.3, -0.25) is 0 Å². The molecule has 0 aromatic carbocycles. The van der Waals surface area contributed by atoms with Crippen molar-refractivity contribution in [2.45, 2.75) is 176 Å². The topological polar surface area (TPSA) is 24.1 Å². The standard InChI is InChI=1S/C13H25N.C12H23N.C11H24/c1-10-5-7-12(8-6-10)11(2)13-4-3-9-14-13;1-10(12-8-5-9-13-12)11-6-3-2-4-7-11;1-5-7-9-11(4)10(3)8-6-2/h10-14H,3-9H2,1-2H3;10-13H,2-9H2,1H3;10-11H,5-9H2,1-4H3/t10?,11?,12?,13-;10-,12?;10-,11?/m100/s1. The third kappa shape index (κ3) is 12.6. The van der Waals surface area contributed by atoms with Gasteiger partial charge in [0.25, 0.3) is 0 Å². The second-order valence-electron chi connectivity index (χ2n) is 14.4. The van der Waals surface area contributed by atoms with Gasteiger partial charge < -0.3 is 10.6 Å². The minimum Gasteiger partial charge on any atom is -0.314 e. The van der Waals surface area contributed by atoms with Gasteiger partial charge in [0, 0.05) is 12.1 Å². The SMILES string of the molecule is CC1CCC(C(C)[C@H]2CCCN2)CC1.CCCCC(C)[C@@H](C)CCC.C[C@@H](C1CCCCC1)C1CCCN1. The van der Waals surface area contributed by atoms with Crippen LogP contribution in [0, 0.1) is 41.4 Å². The van der Waals surface area contributed by atoms with E-state index in [1.165, 1.54) is 129 Å². The molecule has 0 bridgehead atoms. The summed E-state index contributed by atoms with van der Waals surface area (Å²) in [6.45, 7) is 19.2. The van der Waals surface area contributed by atoms with Crippen LogP contribution < -0.4 is 10.6 Å². The van der Waals surface area contributed by atoms with Crippen molar-refractivity contribution >= 4 is 0 Å². The number of hydrogen-bond donors (Lipinski definition) is 2. The Balaban J connectivity index is 0.000000202. The molecule has 0 aromatic heterocycles. The summed E-state index contributed by atoms with van der Waals surface area (Å²) in [6.07, 6.45) is 26.0. The molecule has 3 unspecified atom stereocenters. The highest BCUT2D eigenvalue weighted by Gasteiger charge is 2.30. The molecule has 0 aromatic rings.